The molecule has 0 aromatic heterocycles. The number of amides is 1. The van der Waals surface area contributed by atoms with Crippen LogP contribution in [0.4, 0.5) is 4.39 Å². The third-order valence-electron chi connectivity index (χ3n) is 3.97. The number of carbonyl (C=O) groups is 1. The standard InChI is InChI=1S/C19H19FN2O4/c1-13(14-7-8-17-18(9-14)25-12-24-17)21-26-11-19(23)22(2)10-15-5-3-4-6-16(15)20/h3-9H,10-12H2,1-2H3. The zero-order valence-corrected chi connectivity index (χ0v) is 14.6. The van der Waals surface area contributed by atoms with E-state index in [4.69, 9.17) is 14.3 Å². The van der Waals surface area contributed by atoms with Crippen molar-refractivity contribution in [2.24, 2.45) is 5.16 Å². The average Bonchev–Trinajstić information content (AvgIpc) is 3.11. The molecule has 136 valence electrons. The Bertz CT molecular complexity index is 838. The lowest BCUT2D eigenvalue weighted by Gasteiger charge is -2.16. The van der Waals surface area contributed by atoms with Crippen molar-refractivity contribution in [3.63, 3.8) is 0 Å². The van der Waals surface area contributed by atoms with Gasteiger partial charge in [-0.25, -0.2) is 4.39 Å². The van der Waals surface area contributed by atoms with E-state index in [0.29, 0.717) is 22.8 Å². The molecule has 0 aliphatic carbocycles. The molecule has 1 heterocycles. The first-order valence-corrected chi connectivity index (χ1v) is 8.08. The molecule has 0 radical (unpaired) electrons. The van der Waals surface area contributed by atoms with Crippen LogP contribution in [0.1, 0.15) is 18.1 Å². The molecule has 26 heavy (non-hydrogen) atoms. The first-order valence-electron chi connectivity index (χ1n) is 8.08. The van der Waals surface area contributed by atoms with Crippen molar-refractivity contribution in [1.29, 1.82) is 0 Å². The molecule has 6 nitrogen and oxygen atoms in total. The number of oxime groups is 1. The van der Waals surface area contributed by atoms with Gasteiger partial charge in [-0.05, 0) is 31.2 Å². The number of nitrogens with zero attached hydrogens (tertiary/aromatic N) is 2. The van der Waals surface area contributed by atoms with Gasteiger partial charge in [-0.2, -0.15) is 0 Å². The van der Waals surface area contributed by atoms with Gasteiger partial charge >= 0.3 is 0 Å². The van der Waals surface area contributed by atoms with Gasteiger partial charge < -0.3 is 19.2 Å². The monoisotopic (exact) mass is 358 g/mol. The molecule has 0 N–H and O–H groups in total. The molecule has 0 atom stereocenters. The third kappa shape index (κ3) is 4.11. The molecular weight excluding hydrogens is 339 g/mol. The summed E-state index contributed by atoms with van der Waals surface area (Å²) in [5.41, 5.74) is 1.86. The van der Waals surface area contributed by atoms with E-state index in [1.165, 1.54) is 11.0 Å². The summed E-state index contributed by atoms with van der Waals surface area (Å²) >= 11 is 0. The molecule has 1 aliphatic rings. The molecule has 1 amide bonds. The van der Waals surface area contributed by atoms with Gasteiger partial charge in [-0.3, -0.25) is 4.79 Å². The van der Waals surface area contributed by atoms with Crippen molar-refractivity contribution < 1.29 is 23.5 Å². The average molecular weight is 358 g/mol. The highest BCUT2D eigenvalue weighted by molar-refractivity contribution is 5.99. The van der Waals surface area contributed by atoms with Gasteiger partial charge in [0, 0.05) is 24.7 Å². The van der Waals surface area contributed by atoms with Crippen LogP contribution in [0, 0.1) is 5.82 Å². The van der Waals surface area contributed by atoms with Crippen LogP contribution in [0.5, 0.6) is 11.5 Å². The highest BCUT2D eigenvalue weighted by Crippen LogP contribution is 2.32. The molecule has 0 saturated carbocycles. The number of benzene rings is 2. The second-order valence-corrected chi connectivity index (χ2v) is 5.86. The Balaban J connectivity index is 1.54. The van der Waals surface area contributed by atoms with E-state index < -0.39 is 0 Å². The topological polar surface area (TPSA) is 60.4 Å². The first-order chi connectivity index (χ1) is 12.5. The summed E-state index contributed by atoms with van der Waals surface area (Å²) in [4.78, 5) is 18.6. The molecule has 0 bridgehead atoms. The number of hydrogen-bond donors (Lipinski definition) is 0. The smallest absolute Gasteiger partial charge is 0.263 e. The summed E-state index contributed by atoms with van der Waals surface area (Å²) in [7, 11) is 1.59. The lowest BCUT2D eigenvalue weighted by atomic mass is 10.1. The van der Waals surface area contributed by atoms with Gasteiger partial charge in [0.1, 0.15) is 5.82 Å². The maximum atomic E-state index is 13.6. The molecule has 0 saturated heterocycles. The molecule has 2 aromatic rings. The number of carbonyl (C=O) groups excluding carboxylic acids is 1. The first kappa shape index (κ1) is 17.7. The Morgan fingerprint density at radius 3 is 2.81 bits per heavy atom. The van der Waals surface area contributed by atoms with Crippen LogP contribution in [0.15, 0.2) is 47.6 Å². The van der Waals surface area contributed by atoms with Gasteiger partial charge in [-0.15, -0.1) is 0 Å². The summed E-state index contributed by atoms with van der Waals surface area (Å²) in [5, 5.41) is 3.97. The molecule has 0 fully saturated rings. The molecule has 2 aromatic carbocycles. The fraction of sp³-hybridized carbons (Fsp3) is 0.263. The zero-order valence-electron chi connectivity index (χ0n) is 14.6. The molecule has 1 aliphatic heterocycles. The van der Waals surface area contributed by atoms with Gasteiger partial charge in [-0.1, -0.05) is 23.4 Å². The maximum absolute atomic E-state index is 13.6. The molecule has 7 heteroatoms. The number of halogens is 1. The normalized spacial score (nSPS) is 12.8. The van der Waals surface area contributed by atoms with E-state index in [2.05, 4.69) is 5.16 Å². The number of fused-ring (bicyclic) bond motifs is 1. The molecule has 3 rings (SSSR count). The Kier molecular flexibility index (Phi) is 5.36. The van der Waals surface area contributed by atoms with Crippen molar-refractivity contribution in [3.8, 4) is 11.5 Å². The van der Waals surface area contributed by atoms with Gasteiger partial charge in [0.25, 0.3) is 5.91 Å². The van der Waals surface area contributed by atoms with Crippen LogP contribution in [-0.2, 0) is 16.2 Å². The van der Waals surface area contributed by atoms with Crippen molar-refractivity contribution in [3.05, 3.63) is 59.4 Å². The minimum atomic E-state index is -0.343. The quantitative estimate of drug-likeness (QED) is 0.588. The lowest BCUT2D eigenvalue weighted by molar-refractivity contribution is -0.135. The van der Waals surface area contributed by atoms with E-state index in [1.54, 1.807) is 44.3 Å². The maximum Gasteiger partial charge on any atom is 0.263 e. The predicted molar refractivity (Wildman–Crippen MR) is 93.6 cm³/mol. The van der Waals surface area contributed by atoms with E-state index >= 15 is 0 Å². The zero-order chi connectivity index (χ0) is 18.5. The van der Waals surface area contributed by atoms with Gasteiger partial charge in [0.05, 0.1) is 5.71 Å². The highest BCUT2D eigenvalue weighted by Gasteiger charge is 2.15. The van der Waals surface area contributed by atoms with Crippen molar-refractivity contribution in [1.82, 2.24) is 4.90 Å². The van der Waals surface area contributed by atoms with E-state index in [-0.39, 0.29) is 31.7 Å². The van der Waals surface area contributed by atoms with Crippen LogP contribution in [0.2, 0.25) is 0 Å². The van der Waals surface area contributed by atoms with Gasteiger partial charge in [0.15, 0.2) is 18.1 Å². The van der Waals surface area contributed by atoms with E-state index in [0.717, 1.165) is 5.56 Å². The summed E-state index contributed by atoms with van der Waals surface area (Å²) in [6, 6.07) is 11.8. The second-order valence-electron chi connectivity index (χ2n) is 5.86. The number of rotatable bonds is 6. The van der Waals surface area contributed by atoms with Crippen LogP contribution >= 0.6 is 0 Å². The van der Waals surface area contributed by atoms with Crippen molar-refractivity contribution in [2.45, 2.75) is 13.5 Å². The minimum Gasteiger partial charge on any atom is -0.454 e. The predicted octanol–water partition coefficient (Wildman–Crippen LogP) is 2.95. The Morgan fingerprint density at radius 2 is 2.00 bits per heavy atom. The van der Waals surface area contributed by atoms with E-state index in [9.17, 15) is 9.18 Å². The summed E-state index contributed by atoms with van der Waals surface area (Å²) in [6.07, 6.45) is 0. The van der Waals surface area contributed by atoms with E-state index in [1.807, 2.05) is 6.07 Å². The molecular formula is C19H19FN2O4. The number of hydrogen-bond acceptors (Lipinski definition) is 5. The van der Waals surface area contributed by atoms with Crippen LogP contribution in [0.3, 0.4) is 0 Å². The summed E-state index contributed by atoms with van der Waals surface area (Å²) in [5.74, 6) is 0.699. The summed E-state index contributed by atoms with van der Waals surface area (Å²) in [6.45, 7) is 1.91. The Morgan fingerprint density at radius 1 is 1.23 bits per heavy atom. The van der Waals surface area contributed by atoms with Crippen LogP contribution in [-0.4, -0.2) is 37.0 Å². The Labute approximate surface area is 150 Å². The van der Waals surface area contributed by atoms with Crippen molar-refractivity contribution >= 4 is 11.6 Å². The van der Waals surface area contributed by atoms with Gasteiger partial charge in [0.2, 0.25) is 6.79 Å². The number of likely N-dealkylation sites (N-methyl/N-ethyl adjacent to an activating group) is 1. The highest BCUT2D eigenvalue weighted by atomic mass is 19.1. The lowest BCUT2D eigenvalue weighted by Crippen LogP contribution is -2.29. The largest absolute Gasteiger partial charge is 0.454 e. The second kappa shape index (κ2) is 7.86. The minimum absolute atomic E-state index is 0.166. The SMILES string of the molecule is CC(=NOCC(=O)N(C)Cc1ccccc1F)c1ccc2c(c1)OCO2. The molecule has 0 unspecified atom stereocenters. The molecule has 0 spiro atoms. The summed E-state index contributed by atoms with van der Waals surface area (Å²) < 4.78 is 24.2. The third-order valence-corrected chi connectivity index (χ3v) is 3.97. The van der Waals surface area contributed by atoms with Crippen LogP contribution in [0.25, 0.3) is 0 Å². The fourth-order valence-electron chi connectivity index (χ4n) is 2.44. The Hall–Kier alpha value is -3.09. The van der Waals surface area contributed by atoms with Crippen LogP contribution < -0.4 is 9.47 Å². The fourth-order valence-corrected chi connectivity index (χ4v) is 2.44. The van der Waals surface area contributed by atoms with Crippen molar-refractivity contribution in [2.75, 3.05) is 20.4 Å². The number of ether oxygens (including phenoxy) is 2.